The smallest absolute Gasteiger partial charge is 0.225 e. The Labute approximate surface area is 173 Å². The Bertz CT molecular complexity index is 746. The van der Waals surface area contributed by atoms with Crippen LogP contribution in [0.5, 0.6) is 0 Å². The number of benzene rings is 1. The van der Waals surface area contributed by atoms with Crippen molar-refractivity contribution < 1.29 is 9.18 Å². The van der Waals surface area contributed by atoms with Gasteiger partial charge in [0.05, 0.1) is 18.2 Å². The Balaban J connectivity index is 1.95. The fourth-order valence-electron chi connectivity index (χ4n) is 3.58. The van der Waals surface area contributed by atoms with Gasteiger partial charge in [-0.1, -0.05) is 13.8 Å². The van der Waals surface area contributed by atoms with Crippen molar-refractivity contribution in [3.05, 3.63) is 35.1 Å². The lowest BCUT2D eigenvalue weighted by atomic mass is 9.98. The van der Waals surface area contributed by atoms with Gasteiger partial charge in [0.25, 0.3) is 0 Å². The zero-order valence-corrected chi connectivity index (χ0v) is 17.7. The zero-order valence-electron chi connectivity index (χ0n) is 17.7. The quantitative estimate of drug-likeness (QED) is 0.543. The molecule has 1 heterocycles. The first-order valence-corrected chi connectivity index (χ1v) is 10.5. The van der Waals surface area contributed by atoms with Crippen LogP contribution in [0.15, 0.2) is 23.2 Å². The molecule has 1 fully saturated rings. The molecule has 0 aromatic heterocycles. The number of carbonyl (C=O) groups excluding carboxylic acids is 1. The van der Waals surface area contributed by atoms with E-state index in [1.807, 2.05) is 17.9 Å². The number of aliphatic imine (C=N–C) groups is 1. The van der Waals surface area contributed by atoms with E-state index in [-0.39, 0.29) is 30.2 Å². The Morgan fingerprint density at radius 3 is 2.59 bits per heavy atom. The number of piperidine rings is 1. The molecule has 0 bridgehead atoms. The summed E-state index contributed by atoms with van der Waals surface area (Å²) in [5.74, 6) is 0.648. The fourth-order valence-corrected chi connectivity index (χ4v) is 3.58. The SMILES string of the molecule is CCNC(=NCc1cc(C#N)ccc1F)NC1CCN(C(=O)C(CC)CC)CC1. The van der Waals surface area contributed by atoms with Crippen LogP contribution < -0.4 is 10.6 Å². The Hall–Kier alpha value is -2.62. The highest BCUT2D eigenvalue weighted by molar-refractivity contribution is 5.80. The first-order chi connectivity index (χ1) is 14.0. The van der Waals surface area contributed by atoms with Crippen molar-refractivity contribution in [3.63, 3.8) is 0 Å². The van der Waals surface area contributed by atoms with E-state index in [9.17, 15) is 9.18 Å². The fraction of sp³-hybridized carbons (Fsp3) is 0.591. The molecular formula is C22H32FN5O. The van der Waals surface area contributed by atoms with Crippen LogP contribution in [-0.4, -0.2) is 42.4 Å². The molecular weight excluding hydrogens is 369 g/mol. The monoisotopic (exact) mass is 401 g/mol. The lowest BCUT2D eigenvalue weighted by molar-refractivity contribution is -0.136. The third-order valence-electron chi connectivity index (χ3n) is 5.41. The molecule has 7 heteroatoms. The zero-order chi connectivity index (χ0) is 21.2. The molecule has 0 aliphatic carbocycles. The second-order valence-electron chi connectivity index (χ2n) is 7.37. The number of guanidine groups is 1. The summed E-state index contributed by atoms with van der Waals surface area (Å²) in [6, 6.07) is 6.54. The van der Waals surface area contributed by atoms with Gasteiger partial charge < -0.3 is 15.5 Å². The highest BCUT2D eigenvalue weighted by Gasteiger charge is 2.26. The summed E-state index contributed by atoms with van der Waals surface area (Å²) in [6.07, 6.45) is 3.48. The molecule has 1 aromatic carbocycles. The van der Waals surface area contributed by atoms with Crippen molar-refractivity contribution in [1.29, 1.82) is 5.26 Å². The molecule has 2 N–H and O–H groups in total. The van der Waals surface area contributed by atoms with Crippen LogP contribution in [0.3, 0.4) is 0 Å². The number of hydrogen-bond donors (Lipinski definition) is 2. The number of nitriles is 1. The molecule has 158 valence electrons. The normalized spacial score (nSPS) is 15.3. The molecule has 0 radical (unpaired) electrons. The molecule has 0 atom stereocenters. The average Bonchev–Trinajstić information content (AvgIpc) is 2.74. The van der Waals surface area contributed by atoms with Crippen LogP contribution in [0.25, 0.3) is 0 Å². The number of rotatable bonds is 7. The van der Waals surface area contributed by atoms with Crippen molar-refractivity contribution >= 4 is 11.9 Å². The summed E-state index contributed by atoms with van der Waals surface area (Å²) in [5.41, 5.74) is 0.816. The first-order valence-electron chi connectivity index (χ1n) is 10.5. The van der Waals surface area contributed by atoms with E-state index in [1.54, 1.807) is 0 Å². The van der Waals surface area contributed by atoms with E-state index in [4.69, 9.17) is 5.26 Å². The first kappa shape index (κ1) is 22.7. The molecule has 0 unspecified atom stereocenters. The second kappa shape index (κ2) is 11.4. The van der Waals surface area contributed by atoms with Crippen molar-refractivity contribution in [2.75, 3.05) is 19.6 Å². The van der Waals surface area contributed by atoms with E-state index in [0.29, 0.717) is 23.6 Å². The minimum atomic E-state index is -0.364. The van der Waals surface area contributed by atoms with Gasteiger partial charge in [-0.3, -0.25) is 4.79 Å². The Morgan fingerprint density at radius 1 is 1.31 bits per heavy atom. The van der Waals surface area contributed by atoms with E-state index < -0.39 is 0 Å². The van der Waals surface area contributed by atoms with Gasteiger partial charge in [0.15, 0.2) is 5.96 Å². The van der Waals surface area contributed by atoms with E-state index >= 15 is 0 Å². The summed E-state index contributed by atoms with van der Waals surface area (Å²) < 4.78 is 14.0. The lowest BCUT2D eigenvalue weighted by Crippen LogP contribution is -2.50. The maximum absolute atomic E-state index is 14.0. The third kappa shape index (κ3) is 6.45. The largest absolute Gasteiger partial charge is 0.357 e. The minimum absolute atomic E-state index is 0.123. The number of amides is 1. The van der Waals surface area contributed by atoms with Gasteiger partial charge in [0.2, 0.25) is 5.91 Å². The van der Waals surface area contributed by atoms with Gasteiger partial charge in [-0.15, -0.1) is 0 Å². The lowest BCUT2D eigenvalue weighted by Gasteiger charge is -2.34. The van der Waals surface area contributed by atoms with Gasteiger partial charge in [-0.25, -0.2) is 9.38 Å². The molecule has 1 aliphatic heterocycles. The van der Waals surface area contributed by atoms with E-state index in [0.717, 1.165) is 38.8 Å². The maximum atomic E-state index is 14.0. The van der Waals surface area contributed by atoms with Crippen LogP contribution >= 0.6 is 0 Å². The summed E-state index contributed by atoms with van der Waals surface area (Å²) in [7, 11) is 0. The number of halogens is 1. The standard InChI is InChI=1S/C22H32FN5O/c1-4-17(5-2)21(29)28-11-9-19(10-12-28)27-22(25-6-3)26-15-18-13-16(14-24)7-8-20(18)23/h7-8,13,17,19H,4-6,9-12,15H2,1-3H3,(H2,25,26,27). The molecule has 29 heavy (non-hydrogen) atoms. The van der Waals surface area contributed by atoms with Crippen molar-refractivity contribution in [3.8, 4) is 6.07 Å². The number of hydrogen-bond acceptors (Lipinski definition) is 3. The minimum Gasteiger partial charge on any atom is -0.357 e. The summed E-state index contributed by atoms with van der Waals surface area (Å²) in [4.78, 5) is 19.0. The molecule has 0 saturated carbocycles. The molecule has 0 spiro atoms. The Kier molecular flexibility index (Phi) is 8.91. The Morgan fingerprint density at radius 2 is 2.00 bits per heavy atom. The molecule has 1 amide bonds. The summed E-state index contributed by atoms with van der Waals surface area (Å²) >= 11 is 0. The van der Waals surface area contributed by atoms with E-state index in [1.165, 1.54) is 18.2 Å². The summed E-state index contributed by atoms with van der Waals surface area (Å²) in [6.45, 7) is 8.44. The highest BCUT2D eigenvalue weighted by atomic mass is 19.1. The number of carbonyl (C=O) groups is 1. The summed E-state index contributed by atoms with van der Waals surface area (Å²) in [5, 5.41) is 15.6. The average molecular weight is 402 g/mol. The van der Waals surface area contributed by atoms with Crippen LogP contribution in [0.2, 0.25) is 0 Å². The van der Waals surface area contributed by atoms with Crippen LogP contribution in [-0.2, 0) is 11.3 Å². The third-order valence-corrected chi connectivity index (χ3v) is 5.41. The number of nitrogens with one attached hydrogen (secondary N) is 2. The van der Waals surface area contributed by atoms with Crippen molar-refractivity contribution in [1.82, 2.24) is 15.5 Å². The van der Waals surface area contributed by atoms with Crippen molar-refractivity contribution in [2.45, 2.75) is 59.0 Å². The van der Waals surface area contributed by atoms with Gasteiger partial charge in [0, 0.05) is 37.2 Å². The predicted octanol–water partition coefficient (Wildman–Crippen LogP) is 3.18. The van der Waals surface area contributed by atoms with Crippen LogP contribution in [0.1, 0.15) is 57.6 Å². The predicted molar refractivity (Wildman–Crippen MR) is 113 cm³/mol. The number of nitrogens with zero attached hydrogens (tertiary/aromatic N) is 3. The van der Waals surface area contributed by atoms with Gasteiger partial charge in [-0.05, 0) is 50.8 Å². The second-order valence-corrected chi connectivity index (χ2v) is 7.37. The van der Waals surface area contributed by atoms with Gasteiger partial charge >= 0.3 is 0 Å². The highest BCUT2D eigenvalue weighted by Crippen LogP contribution is 2.17. The maximum Gasteiger partial charge on any atom is 0.225 e. The molecule has 6 nitrogen and oxygen atoms in total. The van der Waals surface area contributed by atoms with Crippen molar-refractivity contribution in [2.24, 2.45) is 10.9 Å². The van der Waals surface area contributed by atoms with E-state index in [2.05, 4.69) is 29.5 Å². The van der Waals surface area contributed by atoms with Crippen LogP contribution in [0.4, 0.5) is 4.39 Å². The topological polar surface area (TPSA) is 80.5 Å². The molecule has 1 aliphatic rings. The van der Waals surface area contributed by atoms with Gasteiger partial charge in [0.1, 0.15) is 5.82 Å². The molecule has 1 aromatic rings. The number of likely N-dealkylation sites (tertiary alicyclic amines) is 1. The van der Waals surface area contributed by atoms with Gasteiger partial charge in [-0.2, -0.15) is 5.26 Å². The molecule has 2 rings (SSSR count). The molecule has 1 saturated heterocycles. The van der Waals surface area contributed by atoms with Crippen LogP contribution in [0, 0.1) is 23.1 Å².